The van der Waals surface area contributed by atoms with E-state index in [0.717, 1.165) is 12.1 Å². The Morgan fingerprint density at radius 3 is 2.28 bits per heavy atom. The number of rotatable bonds is 2. The maximum absolute atomic E-state index is 13.1. The number of hydrogen-bond donors (Lipinski definition) is 0. The van der Waals surface area contributed by atoms with Gasteiger partial charge in [-0.2, -0.15) is 5.26 Å². The predicted octanol–water partition coefficient (Wildman–Crippen LogP) is 3.94. The van der Waals surface area contributed by atoms with Gasteiger partial charge in [0.15, 0.2) is 11.6 Å². The lowest BCUT2D eigenvalue weighted by Gasteiger charge is -2.09. The van der Waals surface area contributed by atoms with Crippen LogP contribution in [0.25, 0.3) is 0 Å². The van der Waals surface area contributed by atoms with E-state index >= 15 is 0 Å². The molecule has 0 spiro atoms. The first-order valence-corrected chi connectivity index (χ1v) is 5.24. The molecule has 0 N–H and O–H groups in total. The zero-order valence-electron chi connectivity index (χ0n) is 9.58. The first kappa shape index (κ1) is 12.1. The molecule has 18 heavy (non-hydrogen) atoms. The van der Waals surface area contributed by atoms with Crippen molar-refractivity contribution in [3.63, 3.8) is 0 Å². The Morgan fingerprint density at radius 1 is 1.06 bits per heavy atom. The monoisotopic (exact) mass is 245 g/mol. The molecule has 4 heteroatoms. The molecule has 2 aromatic carbocycles. The van der Waals surface area contributed by atoms with Crippen LogP contribution in [0, 0.1) is 29.9 Å². The van der Waals surface area contributed by atoms with Crippen molar-refractivity contribution in [1.82, 2.24) is 0 Å². The molecule has 0 aromatic heterocycles. The Kier molecular flexibility index (Phi) is 3.24. The highest BCUT2D eigenvalue weighted by Gasteiger charge is 2.08. The van der Waals surface area contributed by atoms with Crippen molar-refractivity contribution in [2.75, 3.05) is 0 Å². The van der Waals surface area contributed by atoms with E-state index in [-0.39, 0.29) is 5.75 Å². The van der Waals surface area contributed by atoms with Gasteiger partial charge in [-0.05, 0) is 42.8 Å². The average molecular weight is 245 g/mol. The Hall–Kier alpha value is -2.41. The van der Waals surface area contributed by atoms with Gasteiger partial charge >= 0.3 is 0 Å². The Balaban J connectivity index is 2.28. The second-order valence-corrected chi connectivity index (χ2v) is 3.77. The van der Waals surface area contributed by atoms with Crippen molar-refractivity contribution in [3.8, 4) is 17.6 Å². The number of hydrogen-bond acceptors (Lipinski definition) is 2. The molecule has 0 amide bonds. The summed E-state index contributed by atoms with van der Waals surface area (Å²) >= 11 is 0. The second-order valence-electron chi connectivity index (χ2n) is 3.77. The molecule has 0 radical (unpaired) electrons. The third-order valence-electron chi connectivity index (χ3n) is 2.43. The van der Waals surface area contributed by atoms with Gasteiger partial charge in [0, 0.05) is 6.07 Å². The van der Waals surface area contributed by atoms with Crippen LogP contribution < -0.4 is 4.74 Å². The Morgan fingerprint density at radius 2 is 1.67 bits per heavy atom. The summed E-state index contributed by atoms with van der Waals surface area (Å²) in [5.74, 6) is -1.15. The quantitative estimate of drug-likeness (QED) is 0.802. The molecule has 0 unspecified atom stereocenters. The molecule has 0 atom stereocenters. The van der Waals surface area contributed by atoms with Crippen LogP contribution in [0.3, 0.4) is 0 Å². The van der Waals surface area contributed by atoms with Gasteiger partial charge in [-0.3, -0.25) is 0 Å². The molecule has 2 nitrogen and oxygen atoms in total. The van der Waals surface area contributed by atoms with E-state index in [4.69, 9.17) is 10.00 Å². The Bertz CT molecular complexity index is 615. The number of benzene rings is 2. The number of ether oxygens (including phenoxy) is 1. The largest absolute Gasteiger partial charge is 0.457 e. The fourth-order valence-electron chi connectivity index (χ4n) is 1.46. The van der Waals surface area contributed by atoms with Crippen molar-refractivity contribution in [1.29, 1.82) is 5.26 Å². The fourth-order valence-corrected chi connectivity index (χ4v) is 1.46. The van der Waals surface area contributed by atoms with E-state index in [9.17, 15) is 8.78 Å². The molecule has 0 aliphatic carbocycles. The topological polar surface area (TPSA) is 33.0 Å². The van der Waals surface area contributed by atoms with Gasteiger partial charge in [-0.25, -0.2) is 8.78 Å². The van der Waals surface area contributed by atoms with Gasteiger partial charge in [0.25, 0.3) is 0 Å². The van der Waals surface area contributed by atoms with Crippen LogP contribution in [0.2, 0.25) is 0 Å². The van der Waals surface area contributed by atoms with Gasteiger partial charge in [-0.1, -0.05) is 0 Å². The number of nitrogens with zero attached hydrogens (tertiary/aromatic N) is 1. The normalized spacial score (nSPS) is 9.89. The van der Waals surface area contributed by atoms with E-state index in [1.165, 1.54) is 0 Å². The molecule has 90 valence electrons. The van der Waals surface area contributed by atoms with E-state index < -0.39 is 11.6 Å². The highest BCUT2D eigenvalue weighted by atomic mass is 19.2. The van der Waals surface area contributed by atoms with Crippen molar-refractivity contribution in [2.45, 2.75) is 6.92 Å². The molecule has 0 heterocycles. The average Bonchev–Trinajstić information content (AvgIpc) is 2.37. The summed E-state index contributed by atoms with van der Waals surface area (Å²) in [7, 11) is 0. The van der Waals surface area contributed by atoms with E-state index in [0.29, 0.717) is 16.9 Å². The van der Waals surface area contributed by atoms with E-state index in [1.807, 2.05) is 6.07 Å². The number of nitriles is 1. The van der Waals surface area contributed by atoms with E-state index in [2.05, 4.69) is 0 Å². The van der Waals surface area contributed by atoms with Crippen LogP contribution in [0.5, 0.6) is 11.5 Å². The number of halogens is 2. The molecule has 0 saturated carbocycles. The summed E-state index contributed by atoms with van der Waals surface area (Å²) in [5.41, 5.74) is 1.00. The van der Waals surface area contributed by atoms with Crippen LogP contribution in [-0.2, 0) is 0 Å². The summed E-state index contributed by atoms with van der Waals surface area (Å²) in [6.45, 7) is 1.63. The first-order valence-electron chi connectivity index (χ1n) is 5.24. The fraction of sp³-hybridized carbons (Fsp3) is 0.0714. The van der Waals surface area contributed by atoms with Crippen molar-refractivity contribution in [3.05, 3.63) is 59.2 Å². The molecule has 0 fully saturated rings. The SMILES string of the molecule is Cc1cc(F)c(F)cc1Oc1ccc(C#N)cc1. The second kappa shape index (κ2) is 4.84. The van der Waals surface area contributed by atoms with Crippen LogP contribution in [0.15, 0.2) is 36.4 Å². The molecule has 2 rings (SSSR count). The minimum atomic E-state index is -0.954. The van der Waals surface area contributed by atoms with Crippen LogP contribution >= 0.6 is 0 Å². The highest BCUT2D eigenvalue weighted by Crippen LogP contribution is 2.27. The molecular weight excluding hydrogens is 236 g/mol. The van der Waals surface area contributed by atoms with Gasteiger partial charge < -0.3 is 4.74 Å². The minimum Gasteiger partial charge on any atom is -0.457 e. The van der Waals surface area contributed by atoms with Gasteiger partial charge in [0.2, 0.25) is 0 Å². The maximum atomic E-state index is 13.1. The summed E-state index contributed by atoms with van der Waals surface area (Å²) in [4.78, 5) is 0. The molecule has 0 aliphatic rings. The molecular formula is C14H9F2NO. The molecule has 0 aliphatic heterocycles. The lowest BCUT2D eigenvalue weighted by Crippen LogP contribution is -1.92. The maximum Gasteiger partial charge on any atom is 0.162 e. The van der Waals surface area contributed by atoms with Gasteiger partial charge in [0.1, 0.15) is 11.5 Å². The molecule has 2 aromatic rings. The van der Waals surface area contributed by atoms with E-state index in [1.54, 1.807) is 31.2 Å². The predicted molar refractivity (Wildman–Crippen MR) is 62.3 cm³/mol. The van der Waals surface area contributed by atoms with Crippen LogP contribution in [0.4, 0.5) is 8.78 Å². The zero-order valence-corrected chi connectivity index (χ0v) is 9.58. The van der Waals surface area contributed by atoms with Crippen molar-refractivity contribution in [2.24, 2.45) is 0 Å². The Labute approximate surface area is 103 Å². The van der Waals surface area contributed by atoms with Crippen LogP contribution in [0.1, 0.15) is 11.1 Å². The third-order valence-corrected chi connectivity index (χ3v) is 2.43. The first-order chi connectivity index (χ1) is 8.60. The standard InChI is InChI=1S/C14H9F2NO/c1-9-6-12(15)13(16)7-14(9)18-11-4-2-10(8-17)3-5-11/h2-7H,1H3. The van der Waals surface area contributed by atoms with Gasteiger partial charge in [-0.15, -0.1) is 0 Å². The third kappa shape index (κ3) is 2.46. The minimum absolute atomic E-state index is 0.249. The van der Waals surface area contributed by atoms with Crippen molar-refractivity contribution < 1.29 is 13.5 Å². The van der Waals surface area contributed by atoms with Gasteiger partial charge in [0.05, 0.1) is 11.6 Å². The lowest BCUT2D eigenvalue weighted by molar-refractivity contribution is 0.457. The molecule has 0 saturated heterocycles. The summed E-state index contributed by atoms with van der Waals surface area (Å²) in [5, 5.41) is 8.65. The highest BCUT2D eigenvalue weighted by molar-refractivity contribution is 5.40. The summed E-state index contributed by atoms with van der Waals surface area (Å²) in [6, 6.07) is 10.4. The smallest absolute Gasteiger partial charge is 0.162 e. The summed E-state index contributed by atoms with van der Waals surface area (Å²) in [6.07, 6.45) is 0. The lowest BCUT2D eigenvalue weighted by atomic mass is 10.2. The summed E-state index contributed by atoms with van der Waals surface area (Å²) < 4.78 is 31.4. The zero-order chi connectivity index (χ0) is 13.1. The number of aryl methyl sites for hydroxylation is 1. The molecule has 0 bridgehead atoms. The van der Waals surface area contributed by atoms with Crippen LogP contribution in [-0.4, -0.2) is 0 Å². The van der Waals surface area contributed by atoms with Crippen molar-refractivity contribution >= 4 is 0 Å².